The number of thiophene rings is 1. The summed E-state index contributed by atoms with van der Waals surface area (Å²) in [6.45, 7) is 7.54. The number of fused-ring (bicyclic) bond motifs is 1. The number of rotatable bonds is 11. The number of nitrogens with zero attached hydrogens (tertiary/aromatic N) is 2. The number of aromatic hydroxyl groups is 1. The van der Waals surface area contributed by atoms with E-state index < -0.39 is 35.4 Å². The molecule has 0 aliphatic carbocycles. The molecule has 0 atom stereocenters. The molecule has 2 fully saturated rings. The summed E-state index contributed by atoms with van der Waals surface area (Å²) in [5, 5.41) is 40.1. The Bertz CT molecular complexity index is 1850. The van der Waals surface area contributed by atoms with Crippen molar-refractivity contribution in [3.63, 3.8) is 0 Å². The lowest BCUT2D eigenvalue weighted by Gasteiger charge is -2.15. The lowest BCUT2D eigenvalue weighted by molar-refractivity contribution is -0.159. The Morgan fingerprint density at radius 3 is 1.51 bits per heavy atom. The van der Waals surface area contributed by atoms with Crippen molar-refractivity contribution < 1.29 is 63.4 Å². The van der Waals surface area contributed by atoms with Gasteiger partial charge in [0.15, 0.2) is 17.3 Å². The van der Waals surface area contributed by atoms with Crippen LogP contribution in [0.3, 0.4) is 0 Å². The standard InChI is InChI=1S/C33H35FN2O4S.2C2H2O4/c34-30-28(37)14-13-27-29(31(38)23-5-9-25(10-6-23)39-21-19-35-15-1-2-16-35)32(41-33(27)30)24-7-11-26(12-8-24)40-22-20-36-17-3-4-18-36;2*3-1(4)2(5)6/h5-14,37H,1-4,15-22H2;2*(H,3,4)(H,5,6). The van der Waals surface area contributed by atoms with Gasteiger partial charge in [0.25, 0.3) is 0 Å². The van der Waals surface area contributed by atoms with Gasteiger partial charge in [-0.25, -0.2) is 23.6 Å². The molecule has 0 saturated carbocycles. The molecule has 6 rings (SSSR count). The summed E-state index contributed by atoms with van der Waals surface area (Å²) in [5.74, 6) is -7.17. The minimum atomic E-state index is -1.82. The van der Waals surface area contributed by atoms with Crippen molar-refractivity contribution in [1.29, 1.82) is 0 Å². The molecule has 5 N–H and O–H groups in total. The zero-order chi connectivity index (χ0) is 38.5. The number of carboxylic acids is 4. The summed E-state index contributed by atoms with van der Waals surface area (Å²) < 4.78 is 27.1. The molecular weight excluding hydrogens is 715 g/mol. The minimum Gasteiger partial charge on any atom is -0.505 e. The van der Waals surface area contributed by atoms with E-state index >= 15 is 0 Å². The van der Waals surface area contributed by atoms with Crippen molar-refractivity contribution in [1.82, 2.24) is 9.80 Å². The number of phenols is 1. The highest BCUT2D eigenvalue weighted by Crippen LogP contribution is 2.43. The second kappa shape index (κ2) is 19.3. The first-order chi connectivity index (χ1) is 25.3. The van der Waals surface area contributed by atoms with Gasteiger partial charge >= 0.3 is 23.9 Å². The van der Waals surface area contributed by atoms with E-state index in [0.717, 1.165) is 50.6 Å². The average Bonchev–Trinajstić information content (AvgIpc) is 3.93. The number of carbonyl (C=O) groups is 5. The minimum absolute atomic E-state index is 0.203. The highest BCUT2D eigenvalue weighted by molar-refractivity contribution is 7.22. The van der Waals surface area contributed by atoms with E-state index in [9.17, 15) is 14.3 Å². The lowest BCUT2D eigenvalue weighted by atomic mass is 9.97. The van der Waals surface area contributed by atoms with Gasteiger partial charge in [-0.1, -0.05) is 0 Å². The third-order valence-electron chi connectivity index (χ3n) is 8.35. The fraction of sp³-hybridized carbons (Fsp3) is 0.324. The van der Waals surface area contributed by atoms with E-state index in [1.54, 1.807) is 18.2 Å². The van der Waals surface area contributed by atoms with Gasteiger partial charge in [-0.15, -0.1) is 11.3 Å². The van der Waals surface area contributed by atoms with E-state index in [0.29, 0.717) is 40.4 Å². The zero-order valence-corrected chi connectivity index (χ0v) is 29.3. The van der Waals surface area contributed by atoms with Gasteiger partial charge in [-0.2, -0.15) is 0 Å². The number of likely N-dealkylation sites (tertiary alicyclic amines) is 2. The van der Waals surface area contributed by atoms with Crippen molar-refractivity contribution in [2.45, 2.75) is 25.7 Å². The number of ether oxygens (including phenoxy) is 2. The molecule has 16 heteroatoms. The topological polar surface area (TPSA) is 211 Å². The molecular formula is C37H39FN2O12S. The molecule has 0 unspecified atom stereocenters. The number of aliphatic carboxylic acids is 4. The monoisotopic (exact) mass is 754 g/mol. The number of halogens is 1. The zero-order valence-electron chi connectivity index (χ0n) is 28.5. The fourth-order valence-electron chi connectivity index (χ4n) is 5.69. The van der Waals surface area contributed by atoms with E-state index in [1.807, 2.05) is 36.4 Å². The Balaban J connectivity index is 0.000000453. The largest absolute Gasteiger partial charge is 0.505 e. The number of ketones is 1. The first kappa shape index (κ1) is 40.2. The van der Waals surface area contributed by atoms with Crippen LogP contribution < -0.4 is 9.47 Å². The van der Waals surface area contributed by atoms with Gasteiger partial charge in [-0.3, -0.25) is 14.6 Å². The second-order valence-corrected chi connectivity index (χ2v) is 13.0. The summed E-state index contributed by atoms with van der Waals surface area (Å²) in [6.07, 6.45) is 4.99. The highest BCUT2D eigenvalue weighted by atomic mass is 32.1. The van der Waals surface area contributed by atoms with E-state index in [-0.39, 0.29) is 10.5 Å². The summed E-state index contributed by atoms with van der Waals surface area (Å²) in [4.78, 5) is 55.7. The van der Waals surface area contributed by atoms with Gasteiger partial charge in [-0.05, 0) is 118 Å². The van der Waals surface area contributed by atoms with E-state index in [1.165, 1.54) is 43.1 Å². The molecule has 282 valence electrons. The van der Waals surface area contributed by atoms with Gasteiger partial charge in [0.1, 0.15) is 24.7 Å². The average molecular weight is 755 g/mol. The molecule has 2 aliphatic heterocycles. The van der Waals surface area contributed by atoms with Crippen molar-refractivity contribution in [3.8, 4) is 27.7 Å². The number of carbonyl (C=O) groups excluding carboxylic acids is 1. The Morgan fingerprint density at radius 1 is 0.642 bits per heavy atom. The number of carboxylic acid groups (broad SMARTS) is 4. The molecule has 2 aliphatic rings. The summed E-state index contributed by atoms with van der Waals surface area (Å²) in [7, 11) is 0. The van der Waals surface area contributed by atoms with Crippen LogP contribution in [-0.2, 0) is 19.2 Å². The van der Waals surface area contributed by atoms with Crippen LogP contribution in [-0.4, -0.2) is 117 Å². The van der Waals surface area contributed by atoms with Gasteiger partial charge in [0.05, 0.1) is 4.70 Å². The second-order valence-electron chi connectivity index (χ2n) is 12.0. The van der Waals surface area contributed by atoms with Crippen LogP contribution in [0.1, 0.15) is 41.6 Å². The Labute approximate surface area is 307 Å². The molecule has 14 nitrogen and oxygen atoms in total. The Morgan fingerprint density at radius 2 is 1.08 bits per heavy atom. The predicted octanol–water partition coefficient (Wildman–Crippen LogP) is 4.90. The molecule has 0 spiro atoms. The van der Waals surface area contributed by atoms with Crippen LogP contribution in [0.15, 0.2) is 60.7 Å². The van der Waals surface area contributed by atoms with Crippen LogP contribution in [0.25, 0.3) is 20.5 Å². The maximum absolute atomic E-state index is 15.0. The highest BCUT2D eigenvalue weighted by Gasteiger charge is 2.24. The lowest BCUT2D eigenvalue weighted by Crippen LogP contribution is -2.25. The van der Waals surface area contributed by atoms with E-state index in [2.05, 4.69) is 9.80 Å². The molecule has 3 aromatic carbocycles. The van der Waals surface area contributed by atoms with Crippen LogP contribution in [0.2, 0.25) is 0 Å². The quantitative estimate of drug-likeness (QED) is 0.102. The molecule has 0 bridgehead atoms. The molecule has 0 amide bonds. The predicted molar refractivity (Wildman–Crippen MR) is 192 cm³/mol. The molecule has 53 heavy (non-hydrogen) atoms. The van der Waals surface area contributed by atoms with Crippen LogP contribution in [0.5, 0.6) is 17.2 Å². The third-order valence-corrected chi connectivity index (χ3v) is 9.60. The smallest absolute Gasteiger partial charge is 0.414 e. The van der Waals surface area contributed by atoms with Crippen LogP contribution in [0.4, 0.5) is 4.39 Å². The van der Waals surface area contributed by atoms with Crippen molar-refractivity contribution in [2.24, 2.45) is 0 Å². The van der Waals surface area contributed by atoms with Gasteiger partial charge in [0, 0.05) is 34.5 Å². The van der Waals surface area contributed by atoms with Gasteiger partial charge < -0.3 is 35.0 Å². The number of benzene rings is 3. The SMILES string of the molecule is O=C(O)C(=O)O.O=C(O)C(=O)O.O=C(c1ccc(OCCN2CCCC2)cc1)c1c(-c2ccc(OCCN3CCCC3)cc2)sc2c(F)c(O)ccc12. The first-order valence-electron chi connectivity index (χ1n) is 16.7. The number of hydrogen-bond acceptors (Lipinski definition) is 11. The first-order valence-corrected chi connectivity index (χ1v) is 17.5. The third kappa shape index (κ3) is 11.5. The summed E-state index contributed by atoms with van der Waals surface area (Å²) in [6, 6.07) is 17.7. The Kier molecular flexibility index (Phi) is 14.6. The maximum Gasteiger partial charge on any atom is 0.414 e. The summed E-state index contributed by atoms with van der Waals surface area (Å²) >= 11 is 1.17. The normalized spacial score (nSPS) is 14.1. The van der Waals surface area contributed by atoms with Crippen molar-refractivity contribution >= 4 is 51.1 Å². The number of phenolic OH excluding ortho intramolecular Hbond substituents is 1. The van der Waals surface area contributed by atoms with Crippen molar-refractivity contribution in [2.75, 3.05) is 52.5 Å². The van der Waals surface area contributed by atoms with Gasteiger partial charge in [0.2, 0.25) is 0 Å². The van der Waals surface area contributed by atoms with Crippen LogP contribution >= 0.6 is 11.3 Å². The molecule has 3 heterocycles. The van der Waals surface area contributed by atoms with Crippen molar-refractivity contribution in [3.05, 3.63) is 77.6 Å². The summed E-state index contributed by atoms with van der Waals surface area (Å²) in [5.41, 5.74) is 1.71. The fourth-order valence-corrected chi connectivity index (χ4v) is 6.93. The molecule has 0 radical (unpaired) electrons. The van der Waals surface area contributed by atoms with E-state index in [4.69, 9.17) is 49.1 Å². The molecule has 4 aromatic rings. The molecule has 2 saturated heterocycles. The van der Waals surface area contributed by atoms with Crippen LogP contribution in [0, 0.1) is 5.82 Å². The molecule has 1 aromatic heterocycles. The Hall–Kier alpha value is -5.58. The maximum atomic E-state index is 15.0. The number of hydrogen-bond donors (Lipinski definition) is 5.